The van der Waals surface area contributed by atoms with Crippen LogP contribution in [0.3, 0.4) is 0 Å². The van der Waals surface area contributed by atoms with Crippen molar-refractivity contribution < 1.29 is 9.90 Å². The third kappa shape index (κ3) is 1.36. The molecule has 1 N–H and O–H groups in total. The van der Waals surface area contributed by atoms with E-state index in [1.807, 2.05) is 6.92 Å². The number of rotatable bonds is 1. The predicted molar refractivity (Wildman–Crippen MR) is 56.3 cm³/mol. The lowest BCUT2D eigenvalue weighted by Gasteiger charge is -1.96. The molecule has 0 atom stereocenters. The van der Waals surface area contributed by atoms with Gasteiger partial charge in [-0.3, -0.25) is 0 Å². The van der Waals surface area contributed by atoms with Crippen LogP contribution in [0.2, 0.25) is 5.02 Å². The number of benzene rings is 1. The van der Waals surface area contributed by atoms with Gasteiger partial charge >= 0.3 is 5.97 Å². The fourth-order valence-electron chi connectivity index (χ4n) is 1.25. The van der Waals surface area contributed by atoms with Crippen LogP contribution in [-0.2, 0) is 0 Å². The number of aromatic carboxylic acids is 1. The van der Waals surface area contributed by atoms with E-state index in [4.69, 9.17) is 16.7 Å². The normalized spacial score (nSPS) is 10.7. The van der Waals surface area contributed by atoms with Gasteiger partial charge in [0.05, 0.1) is 20.3 Å². The van der Waals surface area contributed by atoms with Crippen molar-refractivity contribution >= 4 is 39.1 Å². The zero-order valence-electron chi connectivity index (χ0n) is 7.24. The summed E-state index contributed by atoms with van der Waals surface area (Å²) in [4.78, 5) is 15.1. The molecule has 0 fully saturated rings. The van der Waals surface area contributed by atoms with Crippen molar-refractivity contribution in [1.82, 2.24) is 4.98 Å². The van der Waals surface area contributed by atoms with Crippen LogP contribution in [0.25, 0.3) is 10.2 Å². The first-order chi connectivity index (χ1) is 6.59. The van der Waals surface area contributed by atoms with Crippen LogP contribution in [0, 0.1) is 6.92 Å². The number of halogens is 1. The number of carbonyl (C=O) groups is 1. The van der Waals surface area contributed by atoms with Crippen molar-refractivity contribution in [2.24, 2.45) is 0 Å². The van der Waals surface area contributed by atoms with E-state index in [1.54, 1.807) is 6.07 Å². The SMILES string of the molecule is Cc1nc2c(Cl)ccc(C(=O)O)c2s1. The van der Waals surface area contributed by atoms with Crippen LogP contribution in [-0.4, -0.2) is 16.1 Å². The largest absolute Gasteiger partial charge is 0.478 e. The summed E-state index contributed by atoms with van der Waals surface area (Å²) in [6.07, 6.45) is 0. The lowest BCUT2D eigenvalue weighted by atomic mass is 10.2. The Morgan fingerprint density at radius 1 is 1.57 bits per heavy atom. The van der Waals surface area contributed by atoms with Crippen molar-refractivity contribution in [3.05, 3.63) is 27.7 Å². The number of aromatic nitrogens is 1. The van der Waals surface area contributed by atoms with Gasteiger partial charge in [-0.1, -0.05) is 11.6 Å². The fourth-order valence-corrected chi connectivity index (χ4v) is 2.46. The van der Waals surface area contributed by atoms with E-state index < -0.39 is 5.97 Å². The van der Waals surface area contributed by atoms with Gasteiger partial charge < -0.3 is 5.11 Å². The van der Waals surface area contributed by atoms with E-state index in [2.05, 4.69) is 4.98 Å². The molecule has 1 aromatic heterocycles. The smallest absolute Gasteiger partial charge is 0.337 e. The van der Waals surface area contributed by atoms with Crippen molar-refractivity contribution in [3.63, 3.8) is 0 Å². The maximum Gasteiger partial charge on any atom is 0.337 e. The summed E-state index contributed by atoms with van der Waals surface area (Å²) in [5.41, 5.74) is 0.837. The Kier molecular flexibility index (Phi) is 2.17. The first-order valence-corrected chi connectivity index (χ1v) is 5.08. The number of hydrogen-bond donors (Lipinski definition) is 1. The second-order valence-electron chi connectivity index (χ2n) is 2.81. The van der Waals surface area contributed by atoms with E-state index in [0.717, 1.165) is 5.01 Å². The van der Waals surface area contributed by atoms with Crippen molar-refractivity contribution in [1.29, 1.82) is 0 Å². The van der Waals surface area contributed by atoms with E-state index in [-0.39, 0.29) is 5.56 Å². The van der Waals surface area contributed by atoms with Gasteiger partial charge in [-0.05, 0) is 19.1 Å². The van der Waals surface area contributed by atoms with Gasteiger partial charge in [-0.2, -0.15) is 0 Å². The first-order valence-electron chi connectivity index (χ1n) is 3.88. The Morgan fingerprint density at radius 2 is 2.29 bits per heavy atom. The quantitative estimate of drug-likeness (QED) is 0.815. The molecule has 0 unspecified atom stereocenters. The van der Waals surface area contributed by atoms with Crippen LogP contribution in [0.5, 0.6) is 0 Å². The van der Waals surface area contributed by atoms with Gasteiger partial charge in [0.25, 0.3) is 0 Å². The third-order valence-corrected chi connectivity index (χ3v) is 3.14. The molecule has 1 aromatic carbocycles. The number of aryl methyl sites for hydroxylation is 1. The molecular weight excluding hydrogens is 222 g/mol. The number of carboxylic acids is 1. The molecule has 5 heteroatoms. The highest BCUT2D eigenvalue weighted by molar-refractivity contribution is 7.19. The second-order valence-corrected chi connectivity index (χ2v) is 4.42. The summed E-state index contributed by atoms with van der Waals surface area (Å²) >= 11 is 7.24. The molecule has 0 aliphatic rings. The number of nitrogens with zero attached hydrogens (tertiary/aromatic N) is 1. The molecule has 0 aliphatic heterocycles. The topological polar surface area (TPSA) is 50.2 Å². The van der Waals surface area contributed by atoms with Crippen LogP contribution in [0.15, 0.2) is 12.1 Å². The lowest BCUT2D eigenvalue weighted by Crippen LogP contribution is -1.95. The summed E-state index contributed by atoms with van der Waals surface area (Å²) in [6.45, 7) is 1.83. The Morgan fingerprint density at radius 3 is 2.93 bits per heavy atom. The molecule has 0 radical (unpaired) electrons. The molecule has 0 aliphatic carbocycles. The standard InChI is InChI=1S/C9H6ClNO2S/c1-4-11-7-6(10)3-2-5(9(12)13)8(7)14-4/h2-3H,1H3,(H,12,13). The van der Waals surface area contributed by atoms with E-state index in [1.165, 1.54) is 17.4 Å². The second kappa shape index (κ2) is 3.22. The van der Waals surface area contributed by atoms with Crippen LogP contribution in [0.4, 0.5) is 0 Å². The minimum atomic E-state index is -0.949. The van der Waals surface area contributed by atoms with Crippen molar-refractivity contribution in [2.45, 2.75) is 6.92 Å². The van der Waals surface area contributed by atoms with Crippen molar-refractivity contribution in [3.8, 4) is 0 Å². The molecule has 2 rings (SSSR count). The van der Waals surface area contributed by atoms with E-state index in [9.17, 15) is 4.79 Å². The maximum atomic E-state index is 10.9. The predicted octanol–water partition coefficient (Wildman–Crippen LogP) is 2.96. The van der Waals surface area contributed by atoms with Crippen LogP contribution >= 0.6 is 22.9 Å². The Bertz CT molecular complexity index is 521. The van der Waals surface area contributed by atoms with E-state index in [0.29, 0.717) is 15.2 Å². The van der Waals surface area contributed by atoms with Crippen molar-refractivity contribution in [2.75, 3.05) is 0 Å². The average Bonchev–Trinajstić information content (AvgIpc) is 2.47. The number of carboxylic acid groups (broad SMARTS) is 1. The minimum Gasteiger partial charge on any atom is -0.478 e. The van der Waals surface area contributed by atoms with Gasteiger partial charge in [0.15, 0.2) is 0 Å². The summed E-state index contributed by atoms with van der Waals surface area (Å²) in [5, 5.41) is 10.2. The zero-order chi connectivity index (χ0) is 10.3. The summed E-state index contributed by atoms with van der Waals surface area (Å²) in [5.74, 6) is -0.949. The van der Waals surface area contributed by atoms with E-state index >= 15 is 0 Å². The first kappa shape index (κ1) is 9.43. The maximum absolute atomic E-state index is 10.9. The molecule has 72 valence electrons. The van der Waals surface area contributed by atoms with Crippen LogP contribution in [0.1, 0.15) is 15.4 Å². The lowest BCUT2D eigenvalue weighted by molar-refractivity contribution is 0.0699. The third-order valence-electron chi connectivity index (χ3n) is 1.83. The molecule has 0 bridgehead atoms. The molecule has 0 saturated heterocycles. The number of fused-ring (bicyclic) bond motifs is 1. The average molecular weight is 228 g/mol. The molecule has 0 saturated carbocycles. The summed E-state index contributed by atoms with van der Waals surface area (Å²) < 4.78 is 0.641. The number of thiazole rings is 1. The summed E-state index contributed by atoms with van der Waals surface area (Å²) in [6, 6.07) is 3.07. The molecule has 2 aromatic rings. The molecule has 3 nitrogen and oxygen atoms in total. The number of hydrogen-bond acceptors (Lipinski definition) is 3. The van der Waals surface area contributed by atoms with Gasteiger partial charge in [0.2, 0.25) is 0 Å². The Balaban J connectivity index is 2.87. The Labute approximate surface area is 89.0 Å². The zero-order valence-corrected chi connectivity index (χ0v) is 8.82. The summed E-state index contributed by atoms with van der Waals surface area (Å²) in [7, 11) is 0. The fraction of sp³-hybridized carbons (Fsp3) is 0.111. The molecule has 0 amide bonds. The van der Waals surface area contributed by atoms with Gasteiger partial charge in [-0.15, -0.1) is 11.3 Å². The molecule has 14 heavy (non-hydrogen) atoms. The minimum absolute atomic E-state index is 0.259. The molecule has 0 spiro atoms. The van der Waals surface area contributed by atoms with Gasteiger partial charge in [0.1, 0.15) is 5.52 Å². The van der Waals surface area contributed by atoms with Gasteiger partial charge in [0, 0.05) is 0 Å². The highest BCUT2D eigenvalue weighted by Crippen LogP contribution is 2.30. The molecular formula is C9H6ClNO2S. The van der Waals surface area contributed by atoms with Gasteiger partial charge in [-0.25, -0.2) is 9.78 Å². The monoisotopic (exact) mass is 227 g/mol. The Hall–Kier alpha value is -1.13. The highest BCUT2D eigenvalue weighted by atomic mass is 35.5. The highest BCUT2D eigenvalue weighted by Gasteiger charge is 2.13. The molecule has 1 heterocycles. The van der Waals surface area contributed by atoms with Crippen LogP contribution < -0.4 is 0 Å².